The van der Waals surface area contributed by atoms with Gasteiger partial charge in [-0.3, -0.25) is 10.1 Å². The van der Waals surface area contributed by atoms with Gasteiger partial charge in [0, 0.05) is 17.9 Å². The van der Waals surface area contributed by atoms with Crippen molar-refractivity contribution in [3.05, 3.63) is 112 Å². The molecule has 2 unspecified atom stereocenters. The molecule has 8 nitrogen and oxygen atoms in total. The summed E-state index contributed by atoms with van der Waals surface area (Å²) in [5, 5.41) is 12.8. The van der Waals surface area contributed by atoms with Crippen LogP contribution < -0.4 is 9.47 Å². The Morgan fingerprint density at radius 3 is 1.75 bits per heavy atom. The molecule has 0 N–H and O–H groups in total. The summed E-state index contributed by atoms with van der Waals surface area (Å²) in [5.41, 5.74) is 3.70. The lowest BCUT2D eigenvalue weighted by Gasteiger charge is -2.16. The number of benzene rings is 4. The van der Waals surface area contributed by atoms with E-state index in [0.717, 1.165) is 28.9 Å². The standard InChI is InChI=1S/C11H10.C8H8O2.C8H14.C7H7NO2.C3H8.C2H6O3S/c1-9-6-7-10-4-2-3-5-11(10)8-9;1-6-2-3-7-8(4-6)10-5-9-7;1-2-7-4-5-8(3-1)6-7;1-6-2-4-7(5-3-6)8(9)10;1-3-2;1-2-6(3,4)5/h2-8H,1H3;2-4H,5H2,1H3;7-8H,1-6H2;2-5H,1H3;3H2,1-2H3;2H2,1H3,(H,3,4,5)/p-1. The maximum absolute atomic E-state index is 10.1. The van der Waals surface area contributed by atoms with E-state index in [9.17, 15) is 23.1 Å². The minimum atomic E-state index is -3.91. The van der Waals surface area contributed by atoms with Crippen LogP contribution in [0.1, 0.15) is 82.4 Å². The normalized spacial score (nSPS) is 16.5. The van der Waals surface area contributed by atoms with Crippen molar-refractivity contribution >= 4 is 26.6 Å². The molecule has 0 aromatic heterocycles. The molecule has 9 heteroatoms. The molecular weight excluding hydrogens is 626 g/mol. The van der Waals surface area contributed by atoms with E-state index in [4.69, 9.17) is 9.47 Å². The van der Waals surface area contributed by atoms with Crippen molar-refractivity contribution in [3.8, 4) is 11.5 Å². The highest BCUT2D eigenvalue weighted by molar-refractivity contribution is 7.85. The minimum Gasteiger partial charge on any atom is -0.748 e. The Morgan fingerprint density at radius 2 is 1.21 bits per heavy atom. The highest BCUT2D eigenvalue weighted by Crippen LogP contribution is 2.41. The molecule has 0 spiro atoms. The number of aryl methyl sites for hydroxylation is 3. The molecule has 4 aromatic carbocycles. The van der Waals surface area contributed by atoms with Gasteiger partial charge in [-0.15, -0.1) is 0 Å². The zero-order valence-electron chi connectivity index (χ0n) is 29.3. The third-order valence-electron chi connectivity index (χ3n) is 7.91. The van der Waals surface area contributed by atoms with Gasteiger partial charge in [0.05, 0.1) is 15.0 Å². The summed E-state index contributed by atoms with van der Waals surface area (Å²) in [6.45, 7) is 12.0. The van der Waals surface area contributed by atoms with Crippen LogP contribution in [-0.2, 0) is 10.1 Å². The zero-order chi connectivity index (χ0) is 35.5. The van der Waals surface area contributed by atoms with Crippen LogP contribution in [0, 0.1) is 42.7 Å². The second kappa shape index (κ2) is 21.1. The number of rotatable bonds is 2. The van der Waals surface area contributed by atoms with E-state index in [1.807, 2.05) is 32.0 Å². The Labute approximate surface area is 287 Å². The number of hydrogen-bond donors (Lipinski definition) is 0. The molecule has 2 saturated carbocycles. The van der Waals surface area contributed by atoms with Crippen molar-refractivity contribution < 1.29 is 27.4 Å². The molecule has 4 aromatic rings. The molecule has 7 rings (SSSR count). The summed E-state index contributed by atoms with van der Waals surface area (Å²) in [6.07, 6.45) is 10.6. The fourth-order valence-electron chi connectivity index (χ4n) is 5.38. The van der Waals surface area contributed by atoms with Crippen LogP contribution >= 0.6 is 0 Å². The molecule has 2 atom stereocenters. The van der Waals surface area contributed by atoms with Gasteiger partial charge in [-0.2, -0.15) is 0 Å². The average molecular weight is 679 g/mol. The van der Waals surface area contributed by atoms with Crippen LogP contribution in [0.25, 0.3) is 10.8 Å². The van der Waals surface area contributed by atoms with Crippen molar-refractivity contribution in [2.45, 2.75) is 86.5 Å². The summed E-state index contributed by atoms with van der Waals surface area (Å²) >= 11 is 0. The Hall–Kier alpha value is -3.95. The summed E-state index contributed by atoms with van der Waals surface area (Å²) in [7, 11) is -3.91. The number of nitro groups is 1. The Kier molecular flexibility index (Phi) is 17.7. The average Bonchev–Trinajstić information content (AvgIpc) is 3.67. The van der Waals surface area contributed by atoms with Gasteiger partial charge < -0.3 is 14.0 Å². The van der Waals surface area contributed by atoms with Crippen LogP contribution in [0.3, 0.4) is 0 Å². The third kappa shape index (κ3) is 15.8. The number of non-ortho nitro benzene ring substituents is 1. The maximum atomic E-state index is 10.1. The monoisotopic (exact) mass is 678 g/mol. The second-order valence-corrected chi connectivity index (χ2v) is 14.0. The number of hydrogen-bond acceptors (Lipinski definition) is 7. The zero-order valence-corrected chi connectivity index (χ0v) is 30.1. The van der Waals surface area contributed by atoms with Crippen LogP contribution in [0.4, 0.5) is 5.69 Å². The first kappa shape index (κ1) is 40.2. The van der Waals surface area contributed by atoms with Gasteiger partial charge in [0.25, 0.3) is 5.69 Å². The maximum Gasteiger partial charge on any atom is 0.269 e. The van der Waals surface area contributed by atoms with E-state index in [0.29, 0.717) is 6.79 Å². The Morgan fingerprint density at radius 1 is 0.708 bits per heavy atom. The van der Waals surface area contributed by atoms with Gasteiger partial charge in [-0.25, -0.2) is 8.42 Å². The predicted molar refractivity (Wildman–Crippen MR) is 195 cm³/mol. The summed E-state index contributed by atoms with van der Waals surface area (Å²) in [6, 6.07) is 27.3. The molecule has 262 valence electrons. The van der Waals surface area contributed by atoms with E-state index >= 15 is 0 Å². The SMILES string of the molecule is C1CC2CCC(C1)C2.CCC.CCS(=O)(=O)[O-].Cc1ccc([N+](=O)[O-])cc1.Cc1ccc2c(c1)OCO2.Cc1ccc2ccccc2c1. The van der Waals surface area contributed by atoms with Gasteiger partial charge in [0.2, 0.25) is 6.79 Å². The molecule has 48 heavy (non-hydrogen) atoms. The second-order valence-electron chi connectivity index (χ2n) is 12.3. The first-order valence-corrected chi connectivity index (χ1v) is 18.4. The van der Waals surface area contributed by atoms with Crippen molar-refractivity contribution in [2.24, 2.45) is 11.8 Å². The molecule has 2 bridgehead atoms. The Bertz CT molecular complexity index is 1620. The first-order valence-electron chi connectivity index (χ1n) is 16.8. The molecule has 0 amide bonds. The first-order chi connectivity index (χ1) is 22.8. The molecule has 3 aliphatic rings. The van der Waals surface area contributed by atoms with E-state index in [2.05, 4.69) is 63.2 Å². The lowest BCUT2D eigenvalue weighted by Crippen LogP contribution is -2.03. The highest BCUT2D eigenvalue weighted by Gasteiger charge is 2.27. The minimum absolute atomic E-state index is 0.144. The van der Waals surface area contributed by atoms with Gasteiger partial charge >= 0.3 is 0 Å². The molecule has 2 aliphatic carbocycles. The number of nitro benzene ring substituents is 1. The Balaban J connectivity index is 0.000000207. The van der Waals surface area contributed by atoms with Crippen molar-refractivity contribution in [1.82, 2.24) is 0 Å². The van der Waals surface area contributed by atoms with Gasteiger partial charge in [0.15, 0.2) is 11.5 Å². The van der Waals surface area contributed by atoms with Crippen LogP contribution in [0.2, 0.25) is 0 Å². The van der Waals surface area contributed by atoms with E-state index in [-0.39, 0.29) is 11.4 Å². The molecule has 1 heterocycles. The predicted octanol–water partition coefficient (Wildman–Crippen LogP) is 10.3. The van der Waals surface area contributed by atoms with Crippen LogP contribution in [0.5, 0.6) is 11.5 Å². The van der Waals surface area contributed by atoms with Gasteiger partial charge in [-0.05, 0) is 67.5 Å². The summed E-state index contributed by atoms with van der Waals surface area (Å²) < 4.78 is 38.6. The fraction of sp³-hybridized carbons (Fsp3) is 0.436. The van der Waals surface area contributed by atoms with E-state index in [1.54, 1.807) is 44.2 Å². The van der Waals surface area contributed by atoms with Crippen molar-refractivity contribution in [1.29, 1.82) is 0 Å². The van der Waals surface area contributed by atoms with Gasteiger partial charge in [0.1, 0.15) is 0 Å². The lowest BCUT2D eigenvalue weighted by molar-refractivity contribution is -0.384. The molecule has 1 aliphatic heterocycles. The third-order valence-corrected chi connectivity index (χ3v) is 8.61. The molecular formula is C39H52NO7S-. The molecule has 0 saturated heterocycles. The highest BCUT2D eigenvalue weighted by atomic mass is 32.2. The smallest absolute Gasteiger partial charge is 0.269 e. The fourth-order valence-corrected chi connectivity index (χ4v) is 5.38. The van der Waals surface area contributed by atoms with Gasteiger partial charge in [-0.1, -0.05) is 131 Å². The number of fused-ring (bicyclic) bond motifs is 4. The number of nitrogens with zero attached hydrogens (tertiary/aromatic N) is 1. The summed E-state index contributed by atoms with van der Waals surface area (Å²) in [4.78, 5) is 9.71. The van der Waals surface area contributed by atoms with E-state index in [1.165, 1.54) is 53.8 Å². The van der Waals surface area contributed by atoms with Crippen LogP contribution in [0.15, 0.2) is 84.9 Å². The molecule has 0 radical (unpaired) electrons. The van der Waals surface area contributed by atoms with Crippen molar-refractivity contribution in [2.75, 3.05) is 12.5 Å². The lowest BCUT2D eigenvalue weighted by atomic mass is 9.89. The molecule has 2 fully saturated rings. The van der Waals surface area contributed by atoms with E-state index < -0.39 is 15.0 Å². The van der Waals surface area contributed by atoms with Crippen molar-refractivity contribution in [3.63, 3.8) is 0 Å². The van der Waals surface area contributed by atoms with Crippen LogP contribution in [-0.4, -0.2) is 30.4 Å². The summed E-state index contributed by atoms with van der Waals surface area (Å²) in [5.74, 6) is 3.72. The topological polar surface area (TPSA) is 119 Å². The quantitative estimate of drug-likeness (QED) is 0.118. The number of ether oxygens (including phenoxy) is 2. The largest absolute Gasteiger partial charge is 0.748 e.